The van der Waals surface area contributed by atoms with E-state index in [9.17, 15) is 19.1 Å². The summed E-state index contributed by atoms with van der Waals surface area (Å²) in [5, 5.41) is 9.50. The van der Waals surface area contributed by atoms with Crippen LogP contribution in [0.3, 0.4) is 0 Å². The Bertz CT molecular complexity index is 811. The number of rotatable bonds is 4. The van der Waals surface area contributed by atoms with E-state index < -0.39 is 23.6 Å². The van der Waals surface area contributed by atoms with Crippen LogP contribution in [0.15, 0.2) is 42.6 Å². The molecule has 1 aromatic carbocycles. The van der Waals surface area contributed by atoms with Crippen LogP contribution in [0.4, 0.5) is 4.39 Å². The van der Waals surface area contributed by atoms with Crippen LogP contribution in [-0.4, -0.2) is 47.1 Å². The average molecular weight is 344 g/mol. The predicted octanol–water partition coefficient (Wildman–Crippen LogP) is 2.17. The van der Waals surface area contributed by atoms with Gasteiger partial charge in [-0.3, -0.25) is 9.59 Å². The van der Waals surface area contributed by atoms with Gasteiger partial charge in [0, 0.05) is 36.8 Å². The zero-order chi connectivity index (χ0) is 18.0. The molecule has 6 nitrogen and oxygen atoms in total. The number of nitrogens with zero attached hydrogens (tertiary/aromatic N) is 2. The molecule has 1 N–H and O–H groups in total. The molecule has 7 heteroatoms. The van der Waals surface area contributed by atoms with Crippen molar-refractivity contribution in [3.63, 3.8) is 0 Å². The molecule has 130 valence electrons. The van der Waals surface area contributed by atoms with E-state index in [1.807, 2.05) is 0 Å². The average Bonchev–Trinajstić information content (AvgIpc) is 3.07. The molecule has 1 amide bonds. The maximum Gasteiger partial charge on any atom is 0.308 e. The van der Waals surface area contributed by atoms with Crippen molar-refractivity contribution in [1.82, 2.24) is 9.88 Å². The zero-order valence-corrected chi connectivity index (χ0v) is 13.6. The number of carboxylic acids is 1. The molecule has 2 atom stereocenters. The van der Waals surface area contributed by atoms with Crippen LogP contribution in [0.2, 0.25) is 0 Å². The minimum atomic E-state index is -1.00. The molecule has 25 heavy (non-hydrogen) atoms. The number of halogens is 1. The Morgan fingerprint density at radius 1 is 1.28 bits per heavy atom. The molecule has 0 unspecified atom stereocenters. The summed E-state index contributed by atoms with van der Waals surface area (Å²) in [7, 11) is 1.45. The minimum Gasteiger partial charge on any atom is -0.481 e. The molecule has 0 bridgehead atoms. The van der Waals surface area contributed by atoms with Gasteiger partial charge in [-0.25, -0.2) is 9.37 Å². The Morgan fingerprint density at radius 2 is 2.08 bits per heavy atom. The van der Waals surface area contributed by atoms with Gasteiger partial charge in [0.2, 0.25) is 5.88 Å². The van der Waals surface area contributed by atoms with Gasteiger partial charge >= 0.3 is 5.97 Å². The number of hydrogen-bond acceptors (Lipinski definition) is 4. The van der Waals surface area contributed by atoms with Crippen LogP contribution >= 0.6 is 0 Å². The Balaban J connectivity index is 1.86. The van der Waals surface area contributed by atoms with Crippen LogP contribution in [0.5, 0.6) is 5.88 Å². The topological polar surface area (TPSA) is 79.7 Å². The Kier molecular flexibility index (Phi) is 4.65. The Labute approximate surface area is 143 Å². The van der Waals surface area contributed by atoms with Gasteiger partial charge in [0.1, 0.15) is 5.82 Å². The van der Waals surface area contributed by atoms with E-state index in [-0.39, 0.29) is 19.0 Å². The van der Waals surface area contributed by atoms with Gasteiger partial charge in [-0.15, -0.1) is 0 Å². The van der Waals surface area contributed by atoms with Crippen LogP contribution in [0.1, 0.15) is 21.8 Å². The van der Waals surface area contributed by atoms with Gasteiger partial charge in [0.05, 0.1) is 13.0 Å². The maximum absolute atomic E-state index is 13.5. The molecular formula is C18H17FN2O4. The van der Waals surface area contributed by atoms with Crippen molar-refractivity contribution >= 4 is 11.9 Å². The summed E-state index contributed by atoms with van der Waals surface area (Å²) in [6, 6.07) is 8.92. The van der Waals surface area contributed by atoms with E-state index in [4.69, 9.17) is 4.74 Å². The third-order valence-electron chi connectivity index (χ3n) is 4.39. The van der Waals surface area contributed by atoms with E-state index in [1.165, 1.54) is 36.4 Å². The monoisotopic (exact) mass is 344 g/mol. The number of ether oxygens (including phenoxy) is 1. The first kappa shape index (κ1) is 16.9. The van der Waals surface area contributed by atoms with E-state index in [0.717, 1.165) is 0 Å². The van der Waals surface area contributed by atoms with Crippen molar-refractivity contribution < 1.29 is 23.8 Å². The second kappa shape index (κ2) is 6.88. The summed E-state index contributed by atoms with van der Waals surface area (Å²) < 4.78 is 18.5. The third kappa shape index (κ3) is 3.45. The lowest BCUT2D eigenvalue weighted by atomic mass is 9.89. The second-order valence-corrected chi connectivity index (χ2v) is 5.90. The van der Waals surface area contributed by atoms with Crippen molar-refractivity contribution in [2.75, 3.05) is 20.2 Å². The summed E-state index contributed by atoms with van der Waals surface area (Å²) in [6.07, 6.45) is 1.46. The normalized spacial score (nSPS) is 19.7. The fourth-order valence-corrected chi connectivity index (χ4v) is 3.13. The molecule has 1 saturated heterocycles. The number of carbonyl (C=O) groups is 2. The van der Waals surface area contributed by atoms with E-state index in [1.54, 1.807) is 18.2 Å². The van der Waals surface area contributed by atoms with Crippen molar-refractivity contribution in [3.05, 3.63) is 59.5 Å². The molecule has 0 radical (unpaired) electrons. The molecular weight excluding hydrogens is 327 g/mol. The molecule has 1 aliphatic rings. The highest BCUT2D eigenvalue weighted by atomic mass is 19.1. The standard InChI is InChI=1S/C18H17FN2O4/c1-25-16-8-12(5-6-20-16)17(22)21-9-14(15(10-21)18(23)24)11-3-2-4-13(19)7-11/h2-8,14-15H,9-10H2,1H3,(H,23,24)/t14-,15+/m1/s1. The number of methoxy groups -OCH3 is 1. The molecule has 2 aromatic rings. The first-order chi connectivity index (χ1) is 12.0. The van der Waals surface area contributed by atoms with Gasteiger partial charge in [0.15, 0.2) is 0 Å². The zero-order valence-electron chi connectivity index (χ0n) is 13.6. The maximum atomic E-state index is 13.5. The number of pyridine rings is 1. The molecule has 1 aliphatic heterocycles. The molecule has 0 spiro atoms. The predicted molar refractivity (Wildman–Crippen MR) is 87.0 cm³/mol. The van der Waals surface area contributed by atoms with Crippen molar-refractivity contribution in [3.8, 4) is 5.88 Å². The number of likely N-dealkylation sites (tertiary alicyclic amines) is 1. The smallest absolute Gasteiger partial charge is 0.308 e. The lowest BCUT2D eigenvalue weighted by Gasteiger charge is -2.17. The van der Waals surface area contributed by atoms with E-state index >= 15 is 0 Å². The second-order valence-electron chi connectivity index (χ2n) is 5.90. The number of amides is 1. The number of hydrogen-bond donors (Lipinski definition) is 1. The number of aliphatic carboxylic acids is 1. The van der Waals surface area contributed by atoms with Crippen LogP contribution < -0.4 is 4.74 Å². The molecule has 3 rings (SSSR count). The molecule has 0 aliphatic carbocycles. The largest absolute Gasteiger partial charge is 0.481 e. The number of benzene rings is 1. The van der Waals surface area contributed by atoms with Crippen molar-refractivity contribution in [2.45, 2.75) is 5.92 Å². The number of carbonyl (C=O) groups excluding carboxylic acids is 1. The molecule has 0 saturated carbocycles. The Morgan fingerprint density at radius 3 is 2.76 bits per heavy atom. The summed E-state index contributed by atoms with van der Waals surface area (Å²) >= 11 is 0. The van der Waals surface area contributed by atoms with Gasteiger partial charge < -0.3 is 14.7 Å². The van der Waals surface area contributed by atoms with Gasteiger partial charge in [-0.05, 0) is 23.8 Å². The number of carboxylic acid groups (broad SMARTS) is 1. The fourth-order valence-electron chi connectivity index (χ4n) is 3.13. The summed E-state index contributed by atoms with van der Waals surface area (Å²) in [5.41, 5.74) is 0.950. The lowest BCUT2D eigenvalue weighted by Crippen LogP contribution is -2.29. The molecule has 2 heterocycles. The van der Waals surface area contributed by atoms with Crippen molar-refractivity contribution in [1.29, 1.82) is 0 Å². The van der Waals surface area contributed by atoms with Crippen LogP contribution in [-0.2, 0) is 4.79 Å². The highest BCUT2D eigenvalue weighted by Crippen LogP contribution is 2.34. The first-order valence-corrected chi connectivity index (χ1v) is 7.77. The first-order valence-electron chi connectivity index (χ1n) is 7.77. The summed E-state index contributed by atoms with van der Waals surface area (Å²) in [4.78, 5) is 29.7. The SMILES string of the molecule is COc1cc(C(=O)N2C[C@H](C(=O)O)[C@@H](c3cccc(F)c3)C2)ccn1. The Hall–Kier alpha value is -2.96. The van der Waals surface area contributed by atoms with Crippen LogP contribution in [0.25, 0.3) is 0 Å². The van der Waals surface area contributed by atoms with Crippen molar-refractivity contribution in [2.24, 2.45) is 5.92 Å². The quantitative estimate of drug-likeness (QED) is 0.919. The highest BCUT2D eigenvalue weighted by Gasteiger charge is 2.40. The summed E-state index contributed by atoms with van der Waals surface area (Å²) in [5.74, 6) is -2.66. The van der Waals surface area contributed by atoms with Gasteiger partial charge in [-0.2, -0.15) is 0 Å². The lowest BCUT2D eigenvalue weighted by molar-refractivity contribution is -0.141. The summed E-state index contributed by atoms with van der Waals surface area (Å²) in [6.45, 7) is 0.282. The van der Waals surface area contributed by atoms with Gasteiger partial charge in [-0.1, -0.05) is 12.1 Å². The fraction of sp³-hybridized carbons (Fsp3) is 0.278. The number of aromatic nitrogens is 1. The third-order valence-corrected chi connectivity index (χ3v) is 4.39. The van der Waals surface area contributed by atoms with Gasteiger partial charge in [0.25, 0.3) is 5.91 Å². The highest BCUT2D eigenvalue weighted by molar-refractivity contribution is 5.95. The minimum absolute atomic E-state index is 0.0694. The molecule has 1 aromatic heterocycles. The van der Waals surface area contributed by atoms with Crippen LogP contribution in [0, 0.1) is 11.7 Å². The van der Waals surface area contributed by atoms with E-state index in [0.29, 0.717) is 17.0 Å². The molecule has 1 fully saturated rings. The van der Waals surface area contributed by atoms with E-state index in [2.05, 4.69) is 4.98 Å².